The van der Waals surface area contributed by atoms with Gasteiger partial charge in [-0.25, -0.2) is 25.2 Å². The van der Waals surface area contributed by atoms with E-state index in [1.54, 1.807) is 0 Å². The van der Waals surface area contributed by atoms with Crippen LogP contribution in [-0.2, 0) is 25.5 Å². The molecule has 2 aromatic carbocycles. The van der Waals surface area contributed by atoms with Crippen LogP contribution in [0.2, 0.25) is 0 Å². The first-order valence-corrected chi connectivity index (χ1v) is 7.65. The fourth-order valence-electron chi connectivity index (χ4n) is 1.63. The zero-order valence-electron chi connectivity index (χ0n) is 14.8. The minimum absolute atomic E-state index is 0.0465. The van der Waals surface area contributed by atoms with Crippen LogP contribution in [-0.4, -0.2) is 36.4 Å². The Morgan fingerprint density at radius 3 is 1.63 bits per heavy atom. The van der Waals surface area contributed by atoms with Gasteiger partial charge < -0.3 is 9.84 Å². The summed E-state index contributed by atoms with van der Waals surface area (Å²) in [7, 11) is 0. The largest absolute Gasteiger partial charge is 0.460 e. The van der Waals surface area contributed by atoms with Crippen molar-refractivity contribution in [3.63, 3.8) is 0 Å². The summed E-state index contributed by atoms with van der Waals surface area (Å²) in [6.45, 7) is 3.06. The minimum Gasteiger partial charge on any atom is -0.460 e. The Hall–Kier alpha value is -3.63. The molecular weight excluding hydrogens is 348 g/mol. The van der Waals surface area contributed by atoms with E-state index in [1.807, 2.05) is 0 Å². The fraction of sp³-hybridized carbons (Fsp3) is 0.150. The molecule has 0 radical (unpaired) electrons. The summed E-state index contributed by atoms with van der Waals surface area (Å²) in [4.78, 5) is 26.8. The Morgan fingerprint density at radius 2 is 1.33 bits per heavy atom. The topological polar surface area (TPSA) is 128 Å². The van der Waals surface area contributed by atoms with E-state index in [0.717, 1.165) is 24.7 Å². The summed E-state index contributed by atoms with van der Waals surface area (Å²) < 4.78 is 4.33. The predicted octanol–water partition coefficient (Wildman–Crippen LogP) is 2.79. The third kappa shape index (κ3) is 18.5. The number of aliphatic hydroxyl groups excluding tert-OH is 1. The maximum absolute atomic E-state index is 10.1. The van der Waals surface area contributed by atoms with E-state index < -0.39 is 5.97 Å². The molecule has 0 heterocycles. The molecule has 0 saturated heterocycles. The highest BCUT2D eigenvalue weighted by molar-refractivity contribution is 5.81. The van der Waals surface area contributed by atoms with Gasteiger partial charge in [0.2, 0.25) is 12.2 Å². The molecular formula is C20H22N2O5. The molecule has 0 saturated carbocycles. The van der Waals surface area contributed by atoms with Crippen LogP contribution in [0.1, 0.15) is 11.1 Å². The van der Waals surface area contributed by atoms with Gasteiger partial charge in [-0.2, -0.15) is 0 Å². The second-order valence-electron chi connectivity index (χ2n) is 4.45. The third-order valence-corrected chi connectivity index (χ3v) is 2.60. The van der Waals surface area contributed by atoms with Crippen molar-refractivity contribution in [3.05, 3.63) is 84.4 Å². The molecule has 142 valence electrons. The van der Waals surface area contributed by atoms with Crippen molar-refractivity contribution in [2.75, 3.05) is 13.2 Å². The van der Waals surface area contributed by atoms with Crippen LogP contribution in [0.5, 0.6) is 0 Å². The standard InChI is InChI=1S/C13H12.C5H8O3.2CHNO/c1-3-7-12(8-4-1)11-13-9-5-2-6-10-13;1-2-5(7)8-4-3-6;2*2-1-3/h1-10H,11H2;2,6H,1,3-4H2;2*2H. The molecule has 0 bridgehead atoms. The van der Waals surface area contributed by atoms with Crippen molar-refractivity contribution in [3.8, 4) is 0 Å². The Morgan fingerprint density at radius 1 is 0.963 bits per heavy atom. The SMILES string of the molecule is C=CC(=O)OCCO.N=C=O.N=C=O.c1ccc(Cc2ccccc2)cc1. The van der Waals surface area contributed by atoms with Crippen molar-refractivity contribution < 1.29 is 24.2 Å². The van der Waals surface area contributed by atoms with Gasteiger partial charge in [0.25, 0.3) is 0 Å². The van der Waals surface area contributed by atoms with Gasteiger partial charge in [-0.1, -0.05) is 67.2 Å². The van der Waals surface area contributed by atoms with E-state index in [2.05, 4.69) is 72.0 Å². The van der Waals surface area contributed by atoms with Crippen molar-refractivity contribution >= 4 is 18.1 Å². The molecule has 0 aliphatic rings. The molecule has 0 aliphatic carbocycles. The molecule has 27 heavy (non-hydrogen) atoms. The second kappa shape index (κ2) is 20.4. The van der Waals surface area contributed by atoms with E-state index >= 15 is 0 Å². The number of rotatable bonds is 5. The van der Waals surface area contributed by atoms with E-state index in [1.165, 1.54) is 11.1 Å². The van der Waals surface area contributed by atoms with E-state index in [4.69, 9.17) is 25.5 Å². The van der Waals surface area contributed by atoms with Crippen molar-refractivity contribution in [2.45, 2.75) is 6.42 Å². The van der Waals surface area contributed by atoms with Crippen LogP contribution >= 0.6 is 0 Å². The maximum atomic E-state index is 10.1. The number of ether oxygens (including phenoxy) is 1. The first kappa shape index (κ1) is 25.6. The maximum Gasteiger partial charge on any atom is 0.330 e. The molecule has 0 spiro atoms. The van der Waals surface area contributed by atoms with Crippen LogP contribution in [0.3, 0.4) is 0 Å². The lowest BCUT2D eigenvalue weighted by Gasteiger charge is -2.00. The number of isocyanates is 2. The number of aliphatic hydroxyl groups is 1. The van der Waals surface area contributed by atoms with Gasteiger partial charge in [-0.15, -0.1) is 0 Å². The molecule has 0 amide bonds. The van der Waals surface area contributed by atoms with Gasteiger partial charge in [0, 0.05) is 6.08 Å². The molecule has 0 aliphatic heterocycles. The monoisotopic (exact) mass is 370 g/mol. The lowest BCUT2D eigenvalue weighted by atomic mass is 10.1. The molecule has 7 heteroatoms. The number of hydrogen-bond acceptors (Lipinski definition) is 7. The van der Waals surface area contributed by atoms with Crippen LogP contribution in [0.15, 0.2) is 73.3 Å². The predicted molar refractivity (Wildman–Crippen MR) is 101 cm³/mol. The van der Waals surface area contributed by atoms with Crippen molar-refractivity contribution in [1.82, 2.24) is 0 Å². The lowest BCUT2D eigenvalue weighted by Crippen LogP contribution is -2.04. The zero-order chi connectivity index (χ0) is 20.8. The molecule has 0 aromatic heterocycles. The normalized spacial score (nSPS) is 7.74. The number of carbonyl (C=O) groups excluding carboxylic acids is 3. The summed E-state index contributed by atoms with van der Waals surface area (Å²) in [5, 5.41) is 18.9. The van der Waals surface area contributed by atoms with Crippen molar-refractivity contribution in [1.29, 1.82) is 10.8 Å². The van der Waals surface area contributed by atoms with Gasteiger partial charge in [-0.3, -0.25) is 0 Å². The van der Waals surface area contributed by atoms with Gasteiger partial charge >= 0.3 is 5.97 Å². The first-order chi connectivity index (χ1) is 13.1. The number of carbonyl (C=O) groups is 1. The number of benzene rings is 2. The summed E-state index contributed by atoms with van der Waals surface area (Å²) in [6, 6.07) is 21.1. The number of esters is 1. The summed E-state index contributed by atoms with van der Waals surface area (Å²) in [6.07, 6.45) is 3.58. The van der Waals surface area contributed by atoms with Gasteiger partial charge in [-0.05, 0) is 17.5 Å². The Balaban J connectivity index is 0. The van der Waals surface area contributed by atoms with E-state index in [0.29, 0.717) is 0 Å². The van der Waals surface area contributed by atoms with E-state index in [-0.39, 0.29) is 13.2 Å². The quantitative estimate of drug-likeness (QED) is 0.323. The average Bonchev–Trinajstić information content (AvgIpc) is 2.69. The van der Waals surface area contributed by atoms with Gasteiger partial charge in [0.05, 0.1) is 6.61 Å². The Labute approximate surface area is 157 Å². The lowest BCUT2D eigenvalue weighted by molar-refractivity contribution is -0.138. The minimum atomic E-state index is -0.501. The van der Waals surface area contributed by atoms with Crippen molar-refractivity contribution in [2.24, 2.45) is 0 Å². The Bertz CT molecular complexity index is 641. The molecule has 2 aromatic rings. The highest BCUT2D eigenvalue weighted by atomic mass is 16.5. The van der Waals surface area contributed by atoms with E-state index in [9.17, 15) is 4.79 Å². The Kier molecular flexibility index (Phi) is 19.4. The third-order valence-electron chi connectivity index (χ3n) is 2.60. The molecule has 3 N–H and O–H groups in total. The molecule has 7 nitrogen and oxygen atoms in total. The highest BCUT2D eigenvalue weighted by Gasteiger charge is 1.92. The van der Waals surface area contributed by atoms with Crippen LogP contribution in [0, 0.1) is 10.8 Å². The first-order valence-electron chi connectivity index (χ1n) is 7.65. The zero-order valence-corrected chi connectivity index (χ0v) is 14.8. The second-order valence-corrected chi connectivity index (χ2v) is 4.45. The smallest absolute Gasteiger partial charge is 0.330 e. The molecule has 0 fully saturated rings. The van der Waals surface area contributed by atoms with Crippen LogP contribution in [0.25, 0.3) is 0 Å². The summed E-state index contributed by atoms with van der Waals surface area (Å²) >= 11 is 0. The molecule has 2 rings (SSSR count). The number of nitrogens with one attached hydrogen (secondary N) is 2. The van der Waals surface area contributed by atoms with Gasteiger partial charge in [0.15, 0.2) is 0 Å². The molecule has 0 unspecified atom stereocenters. The van der Waals surface area contributed by atoms with Gasteiger partial charge in [0.1, 0.15) is 6.61 Å². The number of hydrogen-bond donors (Lipinski definition) is 3. The van der Waals surface area contributed by atoms with Crippen LogP contribution in [0.4, 0.5) is 0 Å². The molecule has 0 atom stereocenters. The highest BCUT2D eigenvalue weighted by Crippen LogP contribution is 2.07. The summed E-state index contributed by atoms with van der Waals surface area (Å²) in [5.41, 5.74) is 2.74. The summed E-state index contributed by atoms with van der Waals surface area (Å²) in [5.74, 6) is -0.501. The average molecular weight is 370 g/mol. The van der Waals surface area contributed by atoms with Crippen LogP contribution < -0.4 is 0 Å². The fourth-order valence-corrected chi connectivity index (χ4v) is 1.63.